The van der Waals surface area contributed by atoms with Crippen molar-refractivity contribution in [2.75, 3.05) is 5.32 Å². The number of aryl methyl sites for hydroxylation is 1. The largest absolute Gasteiger partial charge is 0.467 e. The lowest BCUT2D eigenvalue weighted by Crippen LogP contribution is -1.98. The van der Waals surface area contributed by atoms with Gasteiger partial charge in [0.25, 0.3) is 0 Å². The van der Waals surface area contributed by atoms with E-state index in [0.29, 0.717) is 6.54 Å². The van der Waals surface area contributed by atoms with Crippen LogP contribution in [0.1, 0.15) is 19.1 Å². The van der Waals surface area contributed by atoms with Crippen molar-refractivity contribution in [2.24, 2.45) is 0 Å². The minimum atomic E-state index is 0. The van der Waals surface area contributed by atoms with E-state index < -0.39 is 0 Å². The Hall–Kier alpha value is -1.42. The lowest BCUT2D eigenvalue weighted by Gasteiger charge is -1.99. The molecular weight excluding hydrogens is 226 g/mol. The summed E-state index contributed by atoms with van der Waals surface area (Å²) in [4.78, 5) is 0. The third kappa shape index (κ3) is 3.31. The van der Waals surface area contributed by atoms with Crippen molar-refractivity contribution in [3.63, 3.8) is 0 Å². The number of furan rings is 1. The van der Waals surface area contributed by atoms with Gasteiger partial charge in [0, 0.05) is 12.7 Å². The van der Waals surface area contributed by atoms with Crippen molar-refractivity contribution >= 4 is 18.1 Å². The molecule has 2 aromatic rings. The minimum absolute atomic E-state index is 0. The SMILES string of the molecule is CCCn1cc(NCc2ccco2)cn1.Cl. The van der Waals surface area contributed by atoms with E-state index in [1.807, 2.05) is 29.2 Å². The summed E-state index contributed by atoms with van der Waals surface area (Å²) in [5, 5.41) is 7.48. The van der Waals surface area contributed by atoms with Crippen molar-refractivity contribution < 1.29 is 4.42 Å². The minimum Gasteiger partial charge on any atom is -0.467 e. The molecule has 0 saturated carbocycles. The highest BCUT2D eigenvalue weighted by Gasteiger charge is 1.98. The molecule has 0 amide bonds. The van der Waals surface area contributed by atoms with Gasteiger partial charge >= 0.3 is 0 Å². The van der Waals surface area contributed by atoms with Crippen LogP contribution in [-0.4, -0.2) is 9.78 Å². The maximum absolute atomic E-state index is 5.22. The molecule has 2 aromatic heterocycles. The molecule has 0 bridgehead atoms. The van der Waals surface area contributed by atoms with Crippen LogP contribution >= 0.6 is 12.4 Å². The summed E-state index contributed by atoms with van der Waals surface area (Å²) in [7, 11) is 0. The second kappa shape index (κ2) is 6.23. The van der Waals surface area contributed by atoms with Crippen molar-refractivity contribution in [2.45, 2.75) is 26.4 Å². The molecule has 0 aromatic carbocycles. The van der Waals surface area contributed by atoms with Gasteiger partial charge in [0.1, 0.15) is 5.76 Å². The summed E-state index contributed by atoms with van der Waals surface area (Å²) in [5.41, 5.74) is 1.03. The van der Waals surface area contributed by atoms with Crippen LogP contribution in [0.25, 0.3) is 0 Å². The average Bonchev–Trinajstić information content (AvgIpc) is 2.85. The predicted molar refractivity (Wildman–Crippen MR) is 65.8 cm³/mol. The Kier molecular flexibility index (Phi) is 4.92. The number of nitrogens with zero attached hydrogens (tertiary/aromatic N) is 2. The second-order valence-electron chi connectivity index (χ2n) is 3.43. The first-order valence-electron chi connectivity index (χ1n) is 5.17. The Morgan fingerprint density at radius 2 is 2.38 bits per heavy atom. The van der Waals surface area contributed by atoms with Gasteiger partial charge in [-0.2, -0.15) is 5.10 Å². The van der Waals surface area contributed by atoms with Crippen LogP contribution in [-0.2, 0) is 13.1 Å². The van der Waals surface area contributed by atoms with E-state index in [-0.39, 0.29) is 12.4 Å². The Morgan fingerprint density at radius 1 is 1.50 bits per heavy atom. The summed E-state index contributed by atoms with van der Waals surface area (Å²) in [6.45, 7) is 3.80. The number of anilines is 1. The molecule has 0 saturated heterocycles. The molecule has 0 unspecified atom stereocenters. The number of rotatable bonds is 5. The maximum atomic E-state index is 5.22. The Balaban J connectivity index is 0.00000128. The second-order valence-corrected chi connectivity index (χ2v) is 3.43. The molecule has 2 heterocycles. The van der Waals surface area contributed by atoms with Gasteiger partial charge in [0.2, 0.25) is 0 Å². The molecule has 0 atom stereocenters. The zero-order chi connectivity index (χ0) is 10.5. The van der Waals surface area contributed by atoms with Gasteiger partial charge < -0.3 is 9.73 Å². The predicted octanol–water partition coefficient (Wildman–Crippen LogP) is 2.92. The molecule has 0 fully saturated rings. The Labute approximate surface area is 101 Å². The van der Waals surface area contributed by atoms with Gasteiger partial charge in [-0.15, -0.1) is 12.4 Å². The van der Waals surface area contributed by atoms with E-state index in [2.05, 4.69) is 17.3 Å². The molecule has 4 nitrogen and oxygen atoms in total. The highest BCUT2D eigenvalue weighted by atomic mass is 35.5. The quantitative estimate of drug-likeness (QED) is 0.875. The fourth-order valence-corrected chi connectivity index (χ4v) is 1.41. The number of hydrogen-bond donors (Lipinski definition) is 1. The average molecular weight is 242 g/mol. The van der Waals surface area contributed by atoms with E-state index in [9.17, 15) is 0 Å². The van der Waals surface area contributed by atoms with Crippen LogP contribution in [0.2, 0.25) is 0 Å². The molecule has 0 aliphatic heterocycles. The van der Waals surface area contributed by atoms with E-state index in [0.717, 1.165) is 24.4 Å². The number of halogens is 1. The molecular formula is C11H16ClN3O. The number of aromatic nitrogens is 2. The van der Waals surface area contributed by atoms with Gasteiger partial charge in [-0.05, 0) is 18.6 Å². The zero-order valence-corrected chi connectivity index (χ0v) is 10.0. The van der Waals surface area contributed by atoms with Crippen LogP contribution < -0.4 is 5.32 Å². The molecule has 5 heteroatoms. The first kappa shape index (κ1) is 12.6. The van der Waals surface area contributed by atoms with E-state index in [1.54, 1.807) is 6.26 Å². The maximum Gasteiger partial charge on any atom is 0.122 e. The molecule has 88 valence electrons. The third-order valence-electron chi connectivity index (χ3n) is 2.13. The van der Waals surface area contributed by atoms with Gasteiger partial charge in [-0.1, -0.05) is 6.92 Å². The van der Waals surface area contributed by atoms with Crippen LogP contribution in [0.4, 0.5) is 5.69 Å². The summed E-state index contributed by atoms with van der Waals surface area (Å²) in [6.07, 6.45) is 6.61. The highest BCUT2D eigenvalue weighted by Crippen LogP contribution is 2.08. The highest BCUT2D eigenvalue weighted by molar-refractivity contribution is 5.85. The number of hydrogen-bond acceptors (Lipinski definition) is 3. The fourth-order valence-electron chi connectivity index (χ4n) is 1.41. The first-order chi connectivity index (χ1) is 7.38. The normalized spacial score (nSPS) is 9.81. The van der Waals surface area contributed by atoms with Gasteiger partial charge in [-0.25, -0.2) is 0 Å². The summed E-state index contributed by atoms with van der Waals surface area (Å²) < 4.78 is 7.15. The summed E-state index contributed by atoms with van der Waals surface area (Å²) >= 11 is 0. The van der Waals surface area contributed by atoms with E-state index in [1.165, 1.54) is 0 Å². The first-order valence-corrected chi connectivity index (χ1v) is 5.17. The molecule has 16 heavy (non-hydrogen) atoms. The smallest absolute Gasteiger partial charge is 0.122 e. The van der Waals surface area contributed by atoms with Gasteiger partial charge in [0.05, 0.1) is 24.7 Å². The van der Waals surface area contributed by atoms with Crippen molar-refractivity contribution in [1.82, 2.24) is 9.78 Å². The van der Waals surface area contributed by atoms with Gasteiger partial charge in [0.15, 0.2) is 0 Å². The van der Waals surface area contributed by atoms with Crippen LogP contribution in [0.5, 0.6) is 0 Å². The fraction of sp³-hybridized carbons (Fsp3) is 0.364. The Bertz CT molecular complexity index is 397. The molecule has 1 N–H and O–H groups in total. The van der Waals surface area contributed by atoms with Crippen LogP contribution in [0.3, 0.4) is 0 Å². The lowest BCUT2D eigenvalue weighted by atomic mass is 10.4. The monoisotopic (exact) mass is 241 g/mol. The standard InChI is InChI=1S/C11H15N3O.ClH/c1-2-5-14-9-10(7-13-14)12-8-11-4-3-6-15-11;/h3-4,6-7,9,12H,2,5,8H2,1H3;1H. The van der Waals surface area contributed by atoms with Crippen LogP contribution in [0, 0.1) is 0 Å². The van der Waals surface area contributed by atoms with Crippen molar-refractivity contribution in [3.05, 3.63) is 36.5 Å². The zero-order valence-electron chi connectivity index (χ0n) is 9.22. The molecule has 0 aliphatic carbocycles. The molecule has 0 aliphatic rings. The Morgan fingerprint density at radius 3 is 3.06 bits per heavy atom. The van der Waals surface area contributed by atoms with Crippen molar-refractivity contribution in [3.8, 4) is 0 Å². The lowest BCUT2D eigenvalue weighted by molar-refractivity contribution is 0.518. The molecule has 0 radical (unpaired) electrons. The summed E-state index contributed by atoms with van der Waals surface area (Å²) in [6, 6.07) is 3.83. The van der Waals surface area contributed by atoms with Gasteiger partial charge in [-0.3, -0.25) is 4.68 Å². The van der Waals surface area contributed by atoms with Crippen molar-refractivity contribution in [1.29, 1.82) is 0 Å². The number of nitrogens with one attached hydrogen (secondary N) is 1. The topological polar surface area (TPSA) is 43.0 Å². The molecule has 0 spiro atoms. The van der Waals surface area contributed by atoms with Crippen LogP contribution in [0.15, 0.2) is 35.2 Å². The summed E-state index contributed by atoms with van der Waals surface area (Å²) in [5.74, 6) is 0.929. The molecule has 2 rings (SSSR count). The third-order valence-corrected chi connectivity index (χ3v) is 2.13. The van der Waals surface area contributed by atoms with E-state index in [4.69, 9.17) is 4.42 Å². The van der Waals surface area contributed by atoms with E-state index >= 15 is 0 Å².